The van der Waals surface area contributed by atoms with Gasteiger partial charge in [-0.05, 0) is 13.3 Å². The summed E-state index contributed by atoms with van der Waals surface area (Å²) in [7, 11) is 1.75. The summed E-state index contributed by atoms with van der Waals surface area (Å²) < 4.78 is 13.6. The van der Waals surface area contributed by atoms with Crippen LogP contribution in [0.3, 0.4) is 0 Å². The molecule has 0 radical (unpaired) electrons. The number of amides is 1. The number of nitrogens with zero attached hydrogens (tertiary/aromatic N) is 3. The molecule has 2 N–H and O–H groups in total. The van der Waals surface area contributed by atoms with Crippen molar-refractivity contribution in [2.75, 3.05) is 30.8 Å². The fourth-order valence-electron chi connectivity index (χ4n) is 2.04. The summed E-state index contributed by atoms with van der Waals surface area (Å²) in [5, 5.41) is 5.97. The number of aromatic nitrogens is 2. The third kappa shape index (κ3) is 3.30. The largest absolute Gasteiger partial charge is 0.363 e. The van der Waals surface area contributed by atoms with Gasteiger partial charge in [0.25, 0.3) is 0 Å². The van der Waals surface area contributed by atoms with Crippen LogP contribution in [0.15, 0.2) is 6.20 Å². The van der Waals surface area contributed by atoms with E-state index in [1.807, 2.05) is 6.92 Å². The van der Waals surface area contributed by atoms with E-state index in [1.165, 1.54) is 0 Å². The lowest BCUT2D eigenvalue weighted by atomic mass is 10.1. The maximum atomic E-state index is 13.6. The second-order valence-electron chi connectivity index (χ2n) is 4.57. The lowest BCUT2D eigenvalue weighted by Gasteiger charge is -2.30. The molecule has 1 aliphatic heterocycles. The van der Waals surface area contributed by atoms with Gasteiger partial charge in [0, 0.05) is 32.6 Å². The predicted molar refractivity (Wildman–Crippen MR) is 70.4 cm³/mol. The van der Waals surface area contributed by atoms with Gasteiger partial charge in [-0.2, -0.15) is 4.98 Å². The minimum atomic E-state index is -0.485. The van der Waals surface area contributed by atoms with Crippen molar-refractivity contribution in [3.05, 3.63) is 12.0 Å². The molecule has 0 bridgehead atoms. The summed E-state index contributed by atoms with van der Waals surface area (Å²) in [6, 6.07) is 0.0153. The van der Waals surface area contributed by atoms with Crippen LogP contribution in [0.25, 0.3) is 0 Å². The third-order valence-corrected chi connectivity index (χ3v) is 3.05. The molecule has 1 fully saturated rings. The lowest BCUT2D eigenvalue weighted by Crippen LogP contribution is -2.43. The zero-order valence-corrected chi connectivity index (χ0v) is 11.1. The number of carbonyl (C=O) groups excluding carboxylic acids is 1. The van der Waals surface area contributed by atoms with Crippen LogP contribution in [0.4, 0.5) is 16.2 Å². The quantitative estimate of drug-likeness (QED) is 0.854. The van der Waals surface area contributed by atoms with E-state index in [0.717, 1.165) is 6.20 Å². The molecule has 19 heavy (non-hydrogen) atoms. The smallest absolute Gasteiger partial charge is 0.224 e. The van der Waals surface area contributed by atoms with E-state index >= 15 is 0 Å². The fraction of sp³-hybridized carbons (Fsp3) is 0.583. The molecule has 0 spiro atoms. The van der Waals surface area contributed by atoms with Gasteiger partial charge in [-0.3, -0.25) is 4.79 Å². The van der Waals surface area contributed by atoms with E-state index < -0.39 is 5.82 Å². The second kappa shape index (κ2) is 5.81. The molecule has 1 saturated heterocycles. The van der Waals surface area contributed by atoms with Crippen LogP contribution in [0.2, 0.25) is 0 Å². The van der Waals surface area contributed by atoms with Gasteiger partial charge in [-0.25, -0.2) is 9.37 Å². The van der Waals surface area contributed by atoms with Crippen molar-refractivity contribution >= 4 is 17.7 Å². The molecule has 104 valence electrons. The molecule has 0 aliphatic carbocycles. The highest BCUT2D eigenvalue weighted by Gasteiger charge is 2.23. The molecule has 0 saturated carbocycles. The zero-order chi connectivity index (χ0) is 13.8. The first-order chi connectivity index (χ1) is 9.10. The number of likely N-dealkylation sites (tertiary alicyclic amines) is 1. The maximum absolute atomic E-state index is 13.6. The lowest BCUT2D eigenvalue weighted by molar-refractivity contribution is -0.132. The standard InChI is InChI=1S/C12H18FN5O/c1-3-14-12-15-6-9(13)11(17-12)16-8-4-5-10(19)18(2)7-8/h6,8H,3-5,7H2,1-2H3,(H2,14,15,16,17). The molecule has 1 aromatic heterocycles. The number of hydrogen-bond donors (Lipinski definition) is 2. The van der Waals surface area contributed by atoms with Crippen LogP contribution in [0.1, 0.15) is 19.8 Å². The van der Waals surface area contributed by atoms with E-state index in [2.05, 4.69) is 20.6 Å². The zero-order valence-electron chi connectivity index (χ0n) is 11.1. The van der Waals surface area contributed by atoms with Crippen molar-refractivity contribution in [2.24, 2.45) is 0 Å². The Balaban J connectivity index is 2.05. The number of hydrogen-bond acceptors (Lipinski definition) is 5. The molecule has 1 atom stereocenters. The fourth-order valence-corrected chi connectivity index (χ4v) is 2.04. The van der Waals surface area contributed by atoms with Crippen molar-refractivity contribution in [3.63, 3.8) is 0 Å². The SMILES string of the molecule is CCNc1ncc(F)c(NC2CCC(=O)N(C)C2)n1. The monoisotopic (exact) mass is 267 g/mol. The topological polar surface area (TPSA) is 70.2 Å². The van der Waals surface area contributed by atoms with Gasteiger partial charge in [0.15, 0.2) is 11.6 Å². The highest BCUT2D eigenvalue weighted by atomic mass is 19.1. The molecule has 0 aromatic carbocycles. The summed E-state index contributed by atoms with van der Waals surface area (Å²) in [6.07, 6.45) is 2.30. The minimum absolute atomic E-state index is 0.0153. The average Bonchev–Trinajstić information content (AvgIpc) is 2.38. The number of likely N-dealkylation sites (N-methyl/N-ethyl adjacent to an activating group) is 1. The van der Waals surface area contributed by atoms with Gasteiger partial charge in [0.2, 0.25) is 11.9 Å². The maximum Gasteiger partial charge on any atom is 0.224 e. The van der Waals surface area contributed by atoms with E-state index in [1.54, 1.807) is 11.9 Å². The number of rotatable bonds is 4. The Morgan fingerprint density at radius 3 is 3.05 bits per heavy atom. The first-order valence-electron chi connectivity index (χ1n) is 6.37. The molecule has 2 heterocycles. The first kappa shape index (κ1) is 13.5. The van der Waals surface area contributed by atoms with E-state index in [-0.39, 0.29) is 17.8 Å². The number of carbonyl (C=O) groups is 1. The number of halogens is 1. The van der Waals surface area contributed by atoms with Gasteiger partial charge in [0.05, 0.1) is 6.20 Å². The summed E-state index contributed by atoms with van der Waals surface area (Å²) in [6.45, 7) is 3.14. The van der Waals surface area contributed by atoms with Crippen LogP contribution < -0.4 is 10.6 Å². The van der Waals surface area contributed by atoms with Crippen LogP contribution >= 0.6 is 0 Å². The second-order valence-corrected chi connectivity index (χ2v) is 4.57. The first-order valence-corrected chi connectivity index (χ1v) is 6.37. The molecule has 1 aromatic rings. The van der Waals surface area contributed by atoms with Crippen LogP contribution in [0, 0.1) is 5.82 Å². The van der Waals surface area contributed by atoms with Crippen LogP contribution in [-0.4, -0.2) is 47.0 Å². The van der Waals surface area contributed by atoms with Crippen molar-refractivity contribution in [2.45, 2.75) is 25.8 Å². The average molecular weight is 267 g/mol. The van der Waals surface area contributed by atoms with Gasteiger partial charge in [0.1, 0.15) is 0 Å². The van der Waals surface area contributed by atoms with Gasteiger partial charge >= 0.3 is 0 Å². The summed E-state index contributed by atoms with van der Waals surface area (Å²) in [4.78, 5) is 21.0. The minimum Gasteiger partial charge on any atom is -0.363 e. The molecule has 1 aliphatic rings. The predicted octanol–water partition coefficient (Wildman–Crippen LogP) is 1.08. The Morgan fingerprint density at radius 2 is 2.37 bits per heavy atom. The van der Waals surface area contributed by atoms with E-state index in [4.69, 9.17) is 0 Å². The van der Waals surface area contributed by atoms with Crippen LogP contribution in [-0.2, 0) is 4.79 Å². The number of anilines is 2. The Bertz CT molecular complexity index is 467. The Kier molecular flexibility index (Phi) is 4.13. The highest BCUT2D eigenvalue weighted by Crippen LogP contribution is 2.17. The van der Waals surface area contributed by atoms with E-state index in [0.29, 0.717) is 31.9 Å². The molecule has 1 unspecified atom stereocenters. The molecule has 7 heteroatoms. The Morgan fingerprint density at radius 1 is 1.58 bits per heavy atom. The van der Waals surface area contributed by atoms with Crippen molar-refractivity contribution in [1.29, 1.82) is 0 Å². The van der Waals surface area contributed by atoms with Gasteiger partial charge in [-0.1, -0.05) is 0 Å². The summed E-state index contributed by atoms with van der Waals surface area (Å²) in [5.74, 6) is 0.209. The summed E-state index contributed by atoms with van der Waals surface area (Å²) >= 11 is 0. The normalized spacial score (nSPS) is 19.4. The molecule has 1 amide bonds. The number of nitrogens with one attached hydrogen (secondary N) is 2. The third-order valence-electron chi connectivity index (χ3n) is 3.05. The van der Waals surface area contributed by atoms with Gasteiger partial charge in [-0.15, -0.1) is 0 Å². The summed E-state index contributed by atoms with van der Waals surface area (Å²) in [5.41, 5.74) is 0. The van der Waals surface area contributed by atoms with Crippen LogP contribution in [0.5, 0.6) is 0 Å². The van der Waals surface area contributed by atoms with Gasteiger partial charge < -0.3 is 15.5 Å². The molecular weight excluding hydrogens is 249 g/mol. The Hall–Kier alpha value is -1.92. The van der Waals surface area contributed by atoms with Crippen molar-refractivity contribution in [1.82, 2.24) is 14.9 Å². The van der Waals surface area contributed by atoms with Crippen molar-refractivity contribution < 1.29 is 9.18 Å². The molecule has 6 nitrogen and oxygen atoms in total. The highest BCUT2D eigenvalue weighted by molar-refractivity contribution is 5.77. The Labute approximate surface area is 111 Å². The van der Waals surface area contributed by atoms with E-state index in [9.17, 15) is 9.18 Å². The van der Waals surface area contributed by atoms with Crippen molar-refractivity contribution in [3.8, 4) is 0 Å². The number of piperidine rings is 1. The molecule has 2 rings (SSSR count). The molecular formula is C12H18FN5O.